The molecule has 2 aliphatic heterocycles. The number of carbonyl (C=O) groups is 1. The van der Waals surface area contributed by atoms with Crippen LogP contribution in [0.1, 0.15) is 36.0 Å². The molecule has 0 aliphatic carbocycles. The summed E-state index contributed by atoms with van der Waals surface area (Å²) in [5.41, 5.74) is 0.743. The van der Waals surface area contributed by atoms with Crippen molar-refractivity contribution in [2.45, 2.75) is 25.7 Å². The van der Waals surface area contributed by atoms with Gasteiger partial charge >= 0.3 is 0 Å². The Bertz CT molecular complexity index is 560. The van der Waals surface area contributed by atoms with Gasteiger partial charge in [-0.05, 0) is 50.3 Å². The number of anilines is 1. The minimum Gasteiger partial charge on any atom is -0.383 e. The molecule has 6 nitrogen and oxygen atoms in total. The van der Waals surface area contributed by atoms with Crippen molar-refractivity contribution in [3.05, 3.63) is 23.9 Å². The normalized spacial score (nSPS) is 21.5. The van der Waals surface area contributed by atoms with Gasteiger partial charge in [0.2, 0.25) is 0 Å². The van der Waals surface area contributed by atoms with Crippen LogP contribution in [0.5, 0.6) is 0 Å². The standard InChI is InChI=1S/C19H30N4O2/c1-25-12-11-22-10-6-16(15-22)14-21-18-13-17(5-7-20-18)19(24)23-8-3-2-4-9-23/h5,7,13,16H,2-4,6,8-12,14-15H2,1H3,(H,20,21). The Kier molecular flexibility index (Phi) is 6.64. The Morgan fingerprint density at radius 3 is 2.96 bits per heavy atom. The van der Waals surface area contributed by atoms with E-state index in [1.54, 1.807) is 13.3 Å². The van der Waals surface area contributed by atoms with E-state index >= 15 is 0 Å². The number of rotatable bonds is 7. The van der Waals surface area contributed by atoms with Gasteiger partial charge in [0.1, 0.15) is 5.82 Å². The number of amides is 1. The van der Waals surface area contributed by atoms with Gasteiger partial charge < -0.3 is 19.9 Å². The molecule has 1 amide bonds. The second kappa shape index (κ2) is 9.15. The van der Waals surface area contributed by atoms with E-state index in [9.17, 15) is 4.79 Å². The van der Waals surface area contributed by atoms with Crippen LogP contribution in [0.2, 0.25) is 0 Å². The Balaban J connectivity index is 1.49. The molecule has 2 saturated heterocycles. The fraction of sp³-hybridized carbons (Fsp3) is 0.684. The molecule has 138 valence electrons. The maximum Gasteiger partial charge on any atom is 0.254 e. The van der Waals surface area contributed by atoms with E-state index in [0.29, 0.717) is 5.92 Å². The highest BCUT2D eigenvalue weighted by atomic mass is 16.5. The van der Waals surface area contributed by atoms with Crippen molar-refractivity contribution in [2.75, 3.05) is 58.3 Å². The molecule has 6 heteroatoms. The lowest BCUT2D eigenvalue weighted by molar-refractivity contribution is 0.0724. The Hall–Kier alpha value is -1.66. The molecule has 1 atom stereocenters. The second-order valence-corrected chi connectivity index (χ2v) is 7.11. The molecule has 3 heterocycles. The van der Waals surface area contributed by atoms with Gasteiger partial charge in [-0.2, -0.15) is 0 Å². The van der Waals surface area contributed by atoms with E-state index < -0.39 is 0 Å². The summed E-state index contributed by atoms with van der Waals surface area (Å²) < 4.78 is 5.15. The summed E-state index contributed by atoms with van der Waals surface area (Å²) in [5, 5.41) is 3.42. The molecular weight excluding hydrogens is 316 g/mol. The highest BCUT2D eigenvalue weighted by Gasteiger charge is 2.22. The van der Waals surface area contributed by atoms with Crippen LogP contribution in [-0.4, -0.2) is 73.7 Å². The van der Waals surface area contributed by atoms with Crippen LogP contribution in [-0.2, 0) is 4.74 Å². The molecule has 1 unspecified atom stereocenters. The Morgan fingerprint density at radius 1 is 1.32 bits per heavy atom. The Morgan fingerprint density at radius 2 is 2.16 bits per heavy atom. The summed E-state index contributed by atoms with van der Waals surface area (Å²) in [4.78, 5) is 21.4. The number of ether oxygens (including phenoxy) is 1. The molecule has 25 heavy (non-hydrogen) atoms. The molecule has 0 saturated carbocycles. The summed E-state index contributed by atoms with van der Waals surface area (Å²) in [6, 6.07) is 3.72. The minimum absolute atomic E-state index is 0.136. The van der Waals surface area contributed by atoms with E-state index in [0.717, 1.165) is 70.1 Å². The molecule has 0 bridgehead atoms. The third-order valence-electron chi connectivity index (χ3n) is 5.20. The molecule has 2 fully saturated rings. The van der Waals surface area contributed by atoms with Crippen LogP contribution in [0.4, 0.5) is 5.82 Å². The first-order valence-corrected chi connectivity index (χ1v) is 9.47. The second-order valence-electron chi connectivity index (χ2n) is 7.11. The topological polar surface area (TPSA) is 57.7 Å². The zero-order valence-corrected chi connectivity index (χ0v) is 15.2. The number of methoxy groups -OCH3 is 1. The summed E-state index contributed by atoms with van der Waals surface area (Å²) >= 11 is 0. The first kappa shape index (κ1) is 18.1. The molecule has 1 aromatic heterocycles. The zero-order chi connectivity index (χ0) is 17.5. The van der Waals surface area contributed by atoms with Gasteiger partial charge in [-0.25, -0.2) is 4.98 Å². The van der Waals surface area contributed by atoms with E-state index in [1.807, 2.05) is 17.0 Å². The SMILES string of the molecule is COCCN1CCC(CNc2cc(C(=O)N3CCCCC3)ccn2)C1. The summed E-state index contributed by atoms with van der Waals surface area (Å²) in [5.74, 6) is 1.56. The zero-order valence-electron chi connectivity index (χ0n) is 15.2. The largest absolute Gasteiger partial charge is 0.383 e. The summed E-state index contributed by atoms with van der Waals surface area (Å²) in [6.07, 6.45) is 6.39. The Labute approximate surface area is 150 Å². The monoisotopic (exact) mass is 346 g/mol. The lowest BCUT2D eigenvalue weighted by Gasteiger charge is -2.26. The average Bonchev–Trinajstić information content (AvgIpc) is 3.13. The lowest BCUT2D eigenvalue weighted by atomic mass is 10.1. The highest BCUT2D eigenvalue weighted by molar-refractivity contribution is 5.94. The number of hydrogen-bond donors (Lipinski definition) is 1. The third-order valence-corrected chi connectivity index (χ3v) is 5.20. The van der Waals surface area contributed by atoms with Crippen LogP contribution in [0.15, 0.2) is 18.3 Å². The minimum atomic E-state index is 0.136. The van der Waals surface area contributed by atoms with Crippen LogP contribution >= 0.6 is 0 Å². The van der Waals surface area contributed by atoms with Gasteiger partial charge in [0.15, 0.2) is 0 Å². The molecule has 1 N–H and O–H groups in total. The van der Waals surface area contributed by atoms with Crippen molar-refractivity contribution in [3.8, 4) is 0 Å². The van der Waals surface area contributed by atoms with Crippen LogP contribution in [0.3, 0.4) is 0 Å². The first-order valence-electron chi connectivity index (χ1n) is 9.47. The molecule has 0 radical (unpaired) electrons. The van der Waals surface area contributed by atoms with Gasteiger partial charge in [0.25, 0.3) is 5.91 Å². The summed E-state index contributed by atoms with van der Waals surface area (Å²) in [7, 11) is 1.75. The molecule has 1 aromatic rings. The number of likely N-dealkylation sites (tertiary alicyclic amines) is 2. The van der Waals surface area contributed by atoms with Crippen LogP contribution < -0.4 is 5.32 Å². The number of carbonyl (C=O) groups excluding carboxylic acids is 1. The summed E-state index contributed by atoms with van der Waals surface area (Å²) in [6.45, 7) is 6.69. The number of nitrogens with one attached hydrogen (secondary N) is 1. The van der Waals surface area contributed by atoms with E-state index in [-0.39, 0.29) is 5.91 Å². The third kappa shape index (κ3) is 5.16. The smallest absolute Gasteiger partial charge is 0.254 e. The van der Waals surface area contributed by atoms with Crippen LogP contribution in [0.25, 0.3) is 0 Å². The quantitative estimate of drug-likeness (QED) is 0.819. The number of pyridine rings is 1. The van der Waals surface area contributed by atoms with Gasteiger partial charge in [-0.3, -0.25) is 4.79 Å². The number of piperidine rings is 1. The number of hydrogen-bond acceptors (Lipinski definition) is 5. The van der Waals surface area contributed by atoms with E-state index in [4.69, 9.17) is 4.74 Å². The maximum atomic E-state index is 12.6. The fourth-order valence-corrected chi connectivity index (χ4v) is 3.69. The predicted molar refractivity (Wildman–Crippen MR) is 98.9 cm³/mol. The molecule has 0 spiro atoms. The molecule has 0 aromatic carbocycles. The number of aromatic nitrogens is 1. The fourth-order valence-electron chi connectivity index (χ4n) is 3.69. The lowest BCUT2D eigenvalue weighted by Crippen LogP contribution is -2.35. The first-order chi connectivity index (χ1) is 12.3. The van der Waals surface area contributed by atoms with Crippen molar-refractivity contribution in [2.24, 2.45) is 5.92 Å². The van der Waals surface area contributed by atoms with Crippen molar-refractivity contribution in [1.82, 2.24) is 14.8 Å². The molecule has 2 aliphatic rings. The van der Waals surface area contributed by atoms with Crippen molar-refractivity contribution in [1.29, 1.82) is 0 Å². The van der Waals surface area contributed by atoms with Gasteiger partial charge in [0, 0.05) is 51.6 Å². The van der Waals surface area contributed by atoms with Crippen molar-refractivity contribution in [3.63, 3.8) is 0 Å². The van der Waals surface area contributed by atoms with E-state index in [2.05, 4.69) is 15.2 Å². The average molecular weight is 346 g/mol. The highest BCUT2D eigenvalue weighted by Crippen LogP contribution is 2.18. The van der Waals surface area contributed by atoms with Crippen molar-refractivity contribution < 1.29 is 9.53 Å². The van der Waals surface area contributed by atoms with Gasteiger partial charge in [-0.15, -0.1) is 0 Å². The number of nitrogens with zero attached hydrogens (tertiary/aromatic N) is 3. The van der Waals surface area contributed by atoms with Crippen LogP contribution in [0, 0.1) is 5.92 Å². The van der Waals surface area contributed by atoms with Crippen molar-refractivity contribution >= 4 is 11.7 Å². The maximum absolute atomic E-state index is 12.6. The van der Waals surface area contributed by atoms with Gasteiger partial charge in [0.05, 0.1) is 6.61 Å². The molecular formula is C19H30N4O2. The van der Waals surface area contributed by atoms with Gasteiger partial charge in [-0.1, -0.05) is 0 Å². The molecule has 3 rings (SSSR count). The predicted octanol–water partition coefficient (Wildman–Crippen LogP) is 2.09. The van der Waals surface area contributed by atoms with E-state index in [1.165, 1.54) is 12.8 Å².